The highest BCUT2D eigenvalue weighted by Gasteiger charge is 2.20. The molecule has 0 atom stereocenters. The largest absolute Gasteiger partial charge is 0.256 e. The van der Waals surface area contributed by atoms with E-state index in [9.17, 15) is 0 Å². The average Bonchev–Trinajstić information content (AvgIpc) is 3.22. The molecule has 0 amide bonds. The van der Waals surface area contributed by atoms with Crippen molar-refractivity contribution in [3.05, 3.63) is 199 Å². The second-order valence-electron chi connectivity index (χ2n) is 14.9. The maximum Gasteiger partial charge on any atom is 0.0708 e. The van der Waals surface area contributed by atoms with Crippen LogP contribution in [0.2, 0.25) is 0 Å². The lowest BCUT2D eigenvalue weighted by Crippen LogP contribution is -1.94. The summed E-state index contributed by atoms with van der Waals surface area (Å²) in [4.78, 5) is 4.80. The standard InChI is InChI=1S/C54H39N/c1-34-29-35(2)52(36(3)30-34)49-25-26-50(44-18-7-6-17-43(44)49)54-47-21-10-8-19-45(47)53(46-20-9-11-22-48(46)54)42-16-12-15-39(32-42)40-27-28-55-51(33-40)41-24-23-37-13-4-5-14-38(37)31-41/h4-33H,1-3H3. The predicted octanol–water partition coefficient (Wildman–Crippen LogP) is 15.0. The Bertz CT molecular complexity index is 3050. The molecule has 1 heterocycles. The van der Waals surface area contributed by atoms with Crippen LogP contribution in [0, 0.1) is 20.8 Å². The minimum Gasteiger partial charge on any atom is -0.256 e. The first kappa shape index (κ1) is 32.8. The van der Waals surface area contributed by atoms with Gasteiger partial charge >= 0.3 is 0 Å². The van der Waals surface area contributed by atoms with Gasteiger partial charge in [-0.1, -0.05) is 157 Å². The van der Waals surface area contributed by atoms with Gasteiger partial charge in [0.15, 0.2) is 0 Å². The van der Waals surface area contributed by atoms with Gasteiger partial charge in [0.1, 0.15) is 0 Å². The first-order chi connectivity index (χ1) is 27.0. The van der Waals surface area contributed by atoms with E-state index in [1.54, 1.807) is 0 Å². The highest BCUT2D eigenvalue weighted by atomic mass is 14.7. The van der Waals surface area contributed by atoms with Gasteiger partial charge in [-0.15, -0.1) is 0 Å². The summed E-state index contributed by atoms with van der Waals surface area (Å²) < 4.78 is 0. The number of hydrogen-bond acceptors (Lipinski definition) is 1. The molecule has 0 bridgehead atoms. The molecule has 55 heavy (non-hydrogen) atoms. The fourth-order valence-electron chi connectivity index (χ4n) is 9.04. The van der Waals surface area contributed by atoms with E-state index in [-0.39, 0.29) is 0 Å². The molecular formula is C54H39N. The summed E-state index contributed by atoms with van der Waals surface area (Å²) in [5.74, 6) is 0. The molecule has 0 aliphatic carbocycles. The lowest BCUT2D eigenvalue weighted by molar-refractivity contribution is 1.32. The smallest absolute Gasteiger partial charge is 0.0708 e. The molecule has 0 unspecified atom stereocenters. The Morgan fingerprint density at radius 1 is 0.327 bits per heavy atom. The fraction of sp³-hybridized carbons (Fsp3) is 0.0556. The summed E-state index contributed by atoms with van der Waals surface area (Å²) in [5, 5.41) is 10.0. The van der Waals surface area contributed by atoms with E-state index in [1.165, 1.54) is 98.7 Å². The summed E-state index contributed by atoms with van der Waals surface area (Å²) in [6, 6.07) is 64.6. The zero-order chi connectivity index (χ0) is 37.0. The molecule has 1 heteroatoms. The summed E-state index contributed by atoms with van der Waals surface area (Å²) in [6.07, 6.45) is 1.93. The molecule has 10 aromatic rings. The zero-order valence-electron chi connectivity index (χ0n) is 31.3. The number of aryl methyl sites for hydroxylation is 3. The highest BCUT2D eigenvalue weighted by molar-refractivity contribution is 6.24. The predicted molar refractivity (Wildman–Crippen MR) is 236 cm³/mol. The van der Waals surface area contributed by atoms with Gasteiger partial charge in [0, 0.05) is 11.8 Å². The van der Waals surface area contributed by atoms with Crippen LogP contribution >= 0.6 is 0 Å². The Hall–Kier alpha value is -6.83. The maximum absolute atomic E-state index is 4.80. The quantitative estimate of drug-likeness (QED) is 0.163. The zero-order valence-corrected chi connectivity index (χ0v) is 31.3. The van der Waals surface area contributed by atoms with Crippen LogP contribution in [0.1, 0.15) is 16.7 Å². The Morgan fingerprint density at radius 2 is 0.855 bits per heavy atom. The first-order valence-corrected chi connectivity index (χ1v) is 19.1. The normalized spacial score (nSPS) is 11.5. The van der Waals surface area contributed by atoms with E-state index in [4.69, 9.17) is 4.98 Å². The third-order valence-electron chi connectivity index (χ3n) is 11.4. The monoisotopic (exact) mass is 701 g/mol. The number of pyridine rings is 1. The SMILES string of the molecule is Cc1cc(C)c(-c2ccc(-c3c4ccccc4c(-c4cccc(-c5ccnc(-c6ccc7ccccc7c6)c5)c4)c4ccccc34)c3ccccc23)c(C)c1. The maximum atomic E-state index is 4.80. The summed E-state index contributed by atoms with van der Waals surface area (Å²) in [7, 11) is 0. The van der Waals surface area contributed by atoms with E-state index in [1.807, 2.05) is 6.20 Å². The minimum atomic E-state index is 0.972. The van der Waals surface area contributed by atoms with Gasteiger partial charge in [0.2, 0.25) is 0 Å². The summed E-state index contributed by atoms with van der Waals surface area (Å²) in [6.45, 7) is 6.67. The number of nitrogens with zero attached hydrogens (tertiary/aromatic N) is 1. The number of rotatable bonds is 5. The fourth-order valence-corrected chi connectivity index (χ4v) is 9.04. The van der Waals surface area contributed by atoms with Crippen molar-refractivity contribution in [3.8, 4) is 55.8 Å². The Balaban J connectivity index is 1.15. The van der Waals surface area contributed by atoms with Crippen molar-refractivity contribution in [1.29, 1.82) is 0 Å². The summed E-state index contributed by atoms with van der Waals surface area (Å²) in [5.41, 5.74) is 15.9. The van der Waals surface area contributed by atoms with Crippen molar-refractivity contribution in [2.75, 3.05) is 0 Å². The number of fused-ring (bicyclic) bond motifs is 4. The van der Waals surface area contributed by atoms with E-state index in [2.05, 4.69) is 197 Å². The minimum absolute atomic E-state index is 0.972. The lowest BCUT2D eigenvalue weighted by atomic mass is 9.83. The van der Waals surface area contributed by atoms with Crippen molar-refractivity contribution >= 4 is 43.1 Å². The topological polar surface area (TPSA) is 12.9 Å². The van der Waals surface area contributed by atoms with Gasteiger partial charge in [-0.3, -0.25) is 4.98 Å². The molecule has 9 aromatic carbocycles. The van der Waals surface area contributed by atoms with Crippen LogP contribution in [-0.4, -0.2) is 4.98 Å². The molecule has 1 nitrogen and oxygen atoms in total. The number of hydrogen-bond donors (Lipinski definition) is 0. The molecule has 0 spiro atoms. The van der Waals surface area contributed by atoms with Crippen LogP contribution in [-0.2, 0) is 0 Å². The second-order valence-corrected chi connectivity index (χ2v) is 14.9. The molecule has 260 valence electrons. The molecule has 0 saturated carbocycles. The van der Waals surface area contributed by atoms with Crippen LogP contribution in [0.25, 0.3) is 98.9 Å². The molecule has 0 radical (unpaired) electrons. The van der Waals surface area contributed by atoms with E-state index in [0.717, 1.165) is 16.8 Å². The van der Waals surface area contributed by atoms with Gasteiger partial charge < -0.3 is 0 Å². The Labute approximate surface area is 322 Å². The van der Waals surface area contributed by atoms with Crippen molar-refractivity contribution in [1.82, 2.24) is 4.98 Å². The van der Waals surface area contributed by atoms with Gasteiger partial charge in [-0.2, -0.15) is 0 Å². The molecule has 10 rings (SSSR count). The van der Waals surface area contributed by atoms with Crippen LogP contribution in [0.5, 0.6) is 0 Å². The molecule has 1 aromatic heterocycles. The highest BCUT2D eigenvalue weighted by Crippen LogP contribution is 2.47. The van der Waals surface area contributed by atoms with E-state index < -0.39 is 0 Å². The molecule has 0 aliphatic rings. The van der Waals surface area contributed by atoms with Crippen molar-refractivity contribution in [3.63, 3.8) is 0 Å². The van der Waals surface area contributed by atoms with E-state index >= 15 is 0 Å². The van der Waals surface area contributed by atoms with Gasteiger partial charge in [0.05, 0.1) is 5.69 Å². The van der Waals surface area contributed by atoms with Crippen LogP contribution in [0.4, 0.5) is 0 Å². The second kappa shape index (κ2) is 13.2. The third-order valence-corrected chi connectivity index (χ3v) is 11.4. The van der Waals surface area contributed by atoms with Crippen LogP contribution in [0.15, 0.2) is 182 Å². The average molecular weight is 702 g/mol. The molecule has 0 fully saturated rings. The lowest BCUT2D eigenvalue weighted by Gasteiger charge is -2.21. The van der Waals surface area contributed by atoms with Crippen molar-refractivity contribution in [2.24, 2.45) is 0 Å². The van der Waals surface area contributed by atoms with Gasteiger partial charge in [-0.25, -0.2) is 0 Å². The Morgan fingerprint density at radius 3 is 1.51 bits per heavy atom. The molecular weight excluding hydrogens is 663 g/mol. The third kappa shape index (κ3) is 5.59. The van der Waals surface area contributed by atoms with E-state index in [0.29, 0.717) is 0 Å². The van der Waals surface area contributed by atoms with Crippen LogP contribution in [0.3, 0.4) is 0 Å². The van der Waals surface area contributed by atoms with Crippen molar-refractivity contribution < 1.29 is 0 Å². The van der Waals surface area contributed by atoms with Crippen LogP contribution < -0.4 is 0 Å². The van der Waals surface area contributed by atoms with Gasteiger partial charge in [-0.05, 0) is 144 Å². The molecule has 0 N–H and O–H groups in total. The van der Waals surface area contributed by atoms with Crippen molar-refractivity contribution in [2.45, 2.75) is 20.8 Å². The first-order valence-electron chi connectivity index (χ1n) is 19.1. The number of benzene rings is 9. The Kier molecular flexibility index (Phi) is 7.89. The summed E-state index contributed by atoms with van der Waals surface area (Å²) >= 11 is 0. The van der Waals surface area contributed by atoms with Gasteiger partial charge in [0.25, 0.3) is 0 Å². The molecule has 0 aliphatic heterocycles. The number of aromatic nitrogens is 1. The molecule has 0 saturated heterocycles.